The molecule has 5 nitrogen and oxygen atoms in total. The molecule has 1 fully saturated rings. The van der Waals surface area contributed by atoms with Gasteiger partial charge < -0.3 is 15.0 Å². The number of likely N-dealkylation sites (tertiary alicyclic amines) is 1. The number of carbonyl (C=O) groups excluding carboxylic acids is 1. The Hall–Kier alpha value is -1.79. The second-order valence-corrected chi connectivity index (χ2v) is 7.22. The van der Waals surface area contributed by atoms with Gasteiger partial charge in [0.05, 0.1) is 5.69 Å². The fourth-order valence-corrected chi connectivity index (χ4v) is 2.51. The molecule has 2 heterocycles. The molecule has 1 aromatic heterocycles. The number of carbonyl (C=O) groups is 1. The van der Waals surface area contributed by atoms with E-state index in [9.17, 15) is 9.18 Å². The number of rotatable bonds is 3. The molecule has 1 N–H and O–H groups in total. The first-order valence-electron chi connectivity index (χ1n) is 7.99. The Kier molecular flexibility index (Phi) is 5.17. The van der Waals surface area contributed by atoms with Crippen molar-refractivity contribution < 1.29 is 13.9 Å². The maximum atomic E-state index is 14.9. The third-order valence-corrected chi connectivity index (χ3v) is 3.80. The van der Waals surface area contributed by atoms with Gasteiger partial charge in [-0.15, -0.1) is 0 Å². The maximum absolute atomic E-state index is 14.9. The van der Waals surface area contributed by atoms with Crippen molar-refractivity contribution in [3.05, 3.63) is 18.5 Å². The summed E-state index contributed by atoms with van der Waals surface area (Å²) in [6.45, 7) is 6.45. The molecule has 1 aliphatic rings. The van der Waals surface area contributed by atoms with E-state index in [4.69, 9.17) is 4.74 Å². The molecule has 0 aliphatic carbocycles. The van der Waals surface area contributed by atoms with Gasteiger partial charge >= 0.3 is 6.09 Å². The first-order chi connectivity index (χ1) is 10.7. The number of halogens is 1. The number of aromatic nitrogens is 1. The molecule has 0 atom stereocenters. The predicted molar refractivity (Wildman–Crippen MR) is 91.8 cm³/mol. The van der Waals surface area contributed by atoms with Gasteiger partial charge in [0.1, 0.15) is 19.1 Å². The van der Waals surface area contributed by atoms with E-state index in [1.54, 1.807) is 17.3 Å². The summed E-state index contributed by atoms with van der Waals surface area (Å²) in [6.07, 6.45) is 3.69. The molecular formula is C16H25BFN3O2. The number of pyridine rings is 1. The fourth-order valence-electron chi connectivity index (χ4n) is 2.51. The zero-order valence-corrected chi connectivity index (χ0v) is 14.4. The van der Waals surface area contributed by atoms with Gasteiger partial charge in [-0.1, -0.05) is 5.46 Å². The van der Waals surface area contributed by atoms with Crippen molar-refractivity contribution in [2.24, 2.45) is 0 Å². The number of nitrogens with zero attached hydrogens (tertiary/aromatic N) is 2. The third kappa shape index (κ3) is 5.41. The monoisotopic (exact) mass is 321 g/mol. The van der Waals surface area contributed by atoms with E-state index in [1.165, 1.54) is 0 Å². The number of nitrogens with one attached hydrogen (secondary N) is 1. The smallest absolute Gasteiger partial charge is 0.410 e. The van der Waals surface area contributed by atoms with Gasteiger partial charge in [-0.25, -0.2) is 9.18 Å². The summed E-state index contributed by atoms with van der Waals surface area (Å²) in [5.74, 6) is 0. The van der Waals surface area contributed by atoms with E-state index < -0.39 is 11.3 Å². The summed E-state index contributed by atoms with van der Waals surface area (Å²) in [5.41, 5.74) is 0.00260. The second-order valence-electron chi connectivity index (χ2n) is 7.22. The standard InChI is InChI=1S/C16H25BFN3O2/c1-15(2,3)23-14(22)21-6-4-16(18,5-7-21)11-20-13-8-12(17)9-19-10-13/h8-10,20H,4-7,11,17H2,1-3H3. The highest BCUT2D eigenvalue weighted by atomic mass is 19.1. The number of amides is 1. The predicted octanol–water partition coefficient (Wildman–Crippen LogP) is 1.49. The summed E-state index contributed by atoms with van der Waals surface area (Å²) in [5, 5.41) is 3.11. The Morgan fingerprint density at radius 3 is 2.65 bits per heavy atom. The van der Waals surface area contributed by atoms with Crippen LogP contribution in [0.25, 0.3) is 0 Å². The fraction of sp³-hybridized carbons (Fsp3) is 0.625. The first kappa shape index (κ1) is 17.6. The van der Waals surface area contributed by atoms with Crippen molar-refractivity contribution in [3.63, 3.8) is 0 Å². The lowest BCUT2D eigenvalue weighted by Crippen LogP contribution is -2.48. The molecule has 1 amide bonds. The molecule has 1 saturated heterocycles. The lowest BCUT2D eigenvalue weighted by Gasteiger charge is -2.37. The Morgan fingerprint density at radius 2 is 2.09 bits per heavy atom. The Bertz CT molecular complexity index is 555. The van der Waals surface area contributed by atoms with Crippen molar-refractivity contribution in [1.82, 2.24) is 9.88 Å². The zero-order valence-electron chi connectivity index (χ0n) is 14.4. The molecule has 7 heteroatoms. The van der Waals surface area contributed by atoms with Crippen LogP contribution in [0.1, 0.15) is 33.6 Å². The van der Waals surface area contributed by atoms with Gasteiger partial charge in [-0.3, -0.25) is 4.98 Å². The van der Waals surface area contributed by atoms with Crippen LogP contribution in [0.15, 0.2) is 18.5 Å². The Labute approximate surface area is 138 Å². The molecule has 2 rings (SSSR count). The van der Waals surface area contributed by atoms with Crippen LogP contribution in [0.5, 0.6) is 0 Å². The highest BCUT2D eigenvalue weighted by Crippen LogP contribution is 2.28. The van der Waals surface area contributed by atoms with Crippen molar-refractivity contribution in [1.29, 1.82) is 0 Å². The summed E-state index contributed by atoms with van der Waals surface area (Å²) < 4.78 is 20.2. The first-order valence-corrected chi connectivity index (χ1v) is 7.99. The number of hydrogen-bond acceptors (Lipinski definition) is 4. The minimum Gasteiger partial charge on any atom is -0.444 e. The van der Waals surface area contributed by atoms with Crippen LogP contribution >= 0.6 is 0 Å². The van der Waals surface area contributed by atoms with E-state index in [0.717, 1.165) is 11.2 Å². The van der Waals surface area contributed by atoms with Crippen molar-refractivity contribution in [2.75, 3.05) is 25.0 Å². The number of hydrogen-bond donors (Lipinski definition) is 1. The van der Waals surface area contributed by atoms with Crippen LogP contribution in [0.4, 0.5) is 14.9 Å². The minimum absolute atomic E-state index is 0.223. The maximum Gasteiger partial charge on any atom is 0.410 e. The molecule has 23 heavy (non-hydrogen) atoms. The van der Waals surface area contributed by atoms with Gasteiger partial charge in [-0.05, 0) is 26.8 Å². The summed E-state index contributed by atoms with van der Waals surface area (Å²) >= 11 is 0. The van der Waals surface area contributed by atoms with Gasteiger partial charge in [0, 0.05) is 44.9 Å². The van der Waals surface area contributed by atoms with Crippen molar-refractivity contribution in [2.45, 2.75) is 44.9 Å². The van der Waals surface area contributed by atoms with Crippen LogP contribution < -0.4 is 10.8 Å². The van der Waals surface area contributed by atoms with E-state index in [2.05, 4.69) is 10.3 Å². The molecule has 1 aliphatic heterocycles. The number of anilines is 1. The SMILES string of the molecule is Bc1cncc(NCC2(F)CCN(C(=O)OC(C)(C)C)CC2)c1. The molecule has 0 unspecified atom stereocenters. The molecule has 0 saturated carbocycles. The van der Waals surface area contributed by atoms with Crippen LogP contribution in [0, 0.1) is 0 Å². The topological polar surface area (TPSA) is 54.5 Å². The molecule has 0 aromatic carbocycles. The molecule has 0 bridgehead atoms. The lowest BCUT2D eigenvalue weighted by atomic mass is 9.93. The van der Waals surface area contributed by atoms with Gasteiger partial charge in [0.15, 0.2) is 0 Å². The Morgan fingerprint density at radius 1 is 1.43 bits per heavy atom. The average Bonchev–Trinajstić information content (AvgIpc) is 2.44. The van der Waals surface area contributed by atoms with E-state index in [-0.39, 0.29) is 12.6 Å². The van der Waals surface area contributed by atoms with Gasteiger partial charge in [0.2, 0.25) is 0 Å². The second kappa shape index (κ2) is 6.77. The molecule has 0 radical (unpaired) electrons. The average molecular weight is 321 g/mol. The largest absolute Gasteiger partial charge is 0.444 e. The summed E-state index contributed by atoms with van der Waals surface area (Å²) in [7, 11) is 1.95. The lowest BCUT2D eigenvalue weighted by molar-refractivity contribution is 0.00576. The third-order valence-electron chi connectivity index (χ3n) is 3.80. The highest BCUT2D eigenvalue weighted by Gasteiger charge is 2.37. The summed E-state index contributed by atoms with van der Waals surface area (Å²) in [6, 6.07) is 1.94. The van der Waals surface area contributed by atoms with E-state index in [0.29, 0.717) is 25.9 Å². The van der Waals surface area contributed by atoms with Crippen LogP contribution in [0.3, 0.4) is 0 Å². The van der Waals surface area contributed by atoms with Crippen LogP contribution in [0.2, 0.25) is 0 Å². The normalized spacial score (nSPS) is 17.7. The van der Waals surface area contributed by atoms with E-state index in [1.807, 2.05) is 34.7 Å². The van der Waals surface area contributed by atoms with Crippen LogP contribution in [-0.2, 0) is 4.74 Å². The van der Waals surface area contributed by atoms with E-state index >= 15 is 0 Å². The quantitative estimate of drug-likeness (QED) is 0.857. The molecule has 126 valence electrons. The van der Waals surface area contributed by atoms with Gasteiger partial charge in [0.25, 0.3) is 0 Å². The Balaban J connectivity index is 1.83. The number of ether oxygens (including phenoxy) is 1. The molecule has 1 aromatic rings. The molecule has 0 spiro atoms. The van der Waals surface area contributed by atoms with Gasteiger partial charge in [-0.2, -0.15) is 0 Å². The summed E-state index contributed by atoms with van der Waals surface area (Å²) in [4.78, 5) is 17.7. The van der Waals surface area contributed by atoms with Crippen LogP contribution in [-0.4, -0.2) is 54.7 Å². The zero-order chi connectivity index (χ0) is 17.1. The highest BCUT2D eigenvalue weighted by molar-refractivity contribution is 6.32. The molecular weight excluding hydrogens is 296 g/mol. The van der Waals surface area contributed by atoms with Crippen molar-refractivity contribution >= 4 is 25.1 Å². The number of alkyl halides is 1. The minimum atomic E-state index is -1.32. The number of piperidine rings is 1. The van der Waals surface area contributed by atoms with Crippen molar-refractivity contribution in [3.8, 4) is 0 Å².